The van der Waals surface area contributed by atoms with E-state index in [1.165, 1.54) is 16.7 Å². The number of pyridine rings is 1. The van der Waals surface area contributed by atoms with Gasteiger partial charge >= 0.3 is 5.97 Å². The molecule has 3 rings (SSSR count). The van der Waals surface area contributed by atoms with Gasteiger partial charge in [0, 0.05) is 11.8 Å². The molecule has 106 valence electrons. The van der Waals surface area contributed by atoms with E-state index in [4.69, 9.17) is 28.3 Å². The van der Waals surface area contributed by atoms with Crippen molar-refractivity contribution in [1.29, 1.82) is 0 Å². The minimum Gasteiger partial charge on any atom is -0.478 e. The van der Waals surface area contributed by atoms with Crippen LogP contribution in [0.3, 0.4) is 0 Å². The maximum absolute atomic E-state index is 11.1. The van der Waals surface area contributed by atoms with Gasteiger partial charge in [0.05, 0.1) is 15.6 Å². The molecule has 0 aliphatic rings. The number of carboxylic acids is 1. The van der Waals surface area contributed by atoms with Crippen LogP contribution >= 0.6 is 23.2 Å². The summed E-state index contributed by atoms with van der Waals surface area (Å²) in [5.74, 6) is -0.631. The summed E-state index contributed by atoms with van der Waals surface area (Å²) in [6, 6.07) is 6.86. The van der Waals surface area contributed by atoms with Crippen LogP contribution in [0.15, 0.2) is 30.5 Å². The number of carboxylic acid groups (broad SMARTS) is 1. The molecule has 0 spiro atoms. The first kappa shape index (κ1) is 13.9. The summed E-state index contributed by atoms with van der Waals surface area (Å²) in [6.07, 6.45) is 1.43. The number of halogens is 2. The third-order valence-corrected chi connectivity index (χ3v) is 3.66. The van der Waals surface area contributed by atoms with E-state index in [9.17, 15) is 4.79 Å². The van der Waals surface area contributed by atoms with Gasteiger partial charge in [0.15, 0.2) is 11.5 Å². The van der Waals surface area contributed by atoms with Crippen molar-refractivity contribution in [2.75, 3.05) is 0 Å². The first-order valence-electron chi connectivity index (χ1n) is 6.01. The zero-order chi connectivity index (χ0) is 15.1. The van der Waals surface area contributed by atoms with Crippen LogP contribution in [0.25, 0.3) is 17.0 Å². The van der Waals surface area contributed by atoms with E-state index in [0.29, 0.717) is 22.1 Å². The molecule has 3 aromatic rings. The number of hydrogen-bond acceptors (Lipinski definition) is 3. The molecule has 5 nitrogen and oxygen atoms in total. The zero-order valence-electron chi connectivity index (χ0n) is 10.8. The van der Waals surface area contributed by atoms with Crippen molar-refractivity contribution in [1.82, 2.24) is 14.6 Å². The van der Waals surface area contributed by atoms with Crippen molar-refractivity contribution in [2.45, 2.75) is 6.92 Å². The van der Waals surface area contributed by atoms with E-state index in [1.54, 1.807) is 6.07 Å². The van der Waals surface area contributed by atoms with Gasteiger partial charge < -0.3 is 5.11 Å². The molecule has 2 heterocycles. The van der Waals surface area contributed by atoms with Gasteiger partial charge in [-0.2, -0.15) is 0 Å². The normalized spacial score (nSPS) is 11.0. The quantitative estimate of drug-likeness (QED) is 0.781. The van der Waals surface area contributed by atoms with Gasteiger partial charge in [-0.3, -0.25) is 4.40 Å². The standard InChI is InChI=1S/C14H9Cl2N3O2/c1-7-2-3-9(10(15)4-7)12-17-18-13-11(16)5-8(14(20)21)6-19(12)13/h2-6H,1H3,(H,20,21). The van der Waals surface area contributed by atoms with Crippen LogP contribution < -0.4 is 0 Å². The number of benzene rings is 1. The van der Waals surface area contributed by atoms with Crippen LogP contribution in [-0.2, 0) is 0 Å². The summed E-state index contributed by atoms with van der Waals surface area (Å²) < 4.78 is 1.53. The van der Waals surface area contributed by atoms with E-state index in [-0.39, 0.29) is 10.6 Å². The lowest BCUT2D eigenvalue weighted by atomic mass is 10.1. The molecule has 0 atom stereocenters. The summed E-state index contributed by atoms with van der Waals surface area (Å²) in [7, 11) is 0. The van der Waals surface area contributed by atoms with Crippen LogP contribution in [0.1, 0.15) is 15.9 Å². The molecule has 0 radical (unpaired) electrons. The molecule has 0 aliphatic carbocycles. The van der Waals surface area contributed by atoms with E-state index < -0.39 is 5.97 Å². The molecular formula is C14H9Cl2N3O2. The lowest BCUT2D eigenvalue weighted by Crippen LogP contribution is -2.00. The van der Waals surface area contributed by atoms with E-state index in [1.807, 2.05) is 19.1 Å². The summed E-state index contributed by atoms with van der Waals surface area (Å²) in [5, 5.41) is 17.9. The number of aromatic carboxylic acids is 1. The lowest BCUT2D eigenvalue weighted by Gasteiger charge is -2.05. The second-order valence-electron chi connectivity index (χ2n) is 4.58. The lowest BCUT2D eigenvalue weighted by molar-refractivity contribution is 0.0696. The topological polar surface area (TPSA) is 67.5 Å². The minimum atomic E-state index is -1.08. The molecule has 0 fully saturated rings. The number of carbonyl (C=O) groups is 1. The Hall–Kier alpha value is -2.11. The summed E-state index contributed by atoms with van der Waals surface area (Å²) in [6.45, 7) is 1.93. The molecule has 2 aromatic heterocycles. The largest absolute Gasteiger partial charge is 0.478 e. The fourth-order valence-corrected chi connectivity index (χ4v) is 2.62. The zero-order valence-corrected chi connectivity index (χ0v) is 12.4. The highest BCUT2D eigenvalue weighted by Gasteiger charge is 2.16. The van der Waals surface area contributed by atoms with Crippen molar-refractivity contribution < 1.29 is 9.90 Å². The van der Waals surface area contributed by atoms with Crippen LogP contribution in [0, 0.1) is 6.92 Å². The molecule has 0 saturated carbocycles. The monoisotopic (exact) mass is 321 g/mol. The summed E-state index contributed by atoms with van der Waals surface area (Å²) in [5.41, 5.74) is 2.11. The number of rotatable bonds is 2. The predicted molar refractivity (Wildman–Crippen MR) is 80.1 cm³/mol. The Kier molecular flexibility index (Phi) is 3.31. The molecule has 21 heavy (non-hydrogen) atoms. The maximum Gasteiger partial charge on any atom is 0.337 e. The summed E-state index contributed by atoms with van der Waals surface area (Å²) >= 11 is 12.3. The Morgan fingerprint density at radius 3 is 2.62 bits per heavy atom. The third kappa shape index (κ3) is 2.34. The average Bonchev–Trinajstić information content (AvgIpc) is 2.83. The number of aryl methyl sites for hydroxylation is 1. The van der Waals surface area contributed by atoms with E-state index in [2.05, 4.69) is 10.2 Å². The number of fused-ring (bicyclic) bond motifs is 1. The molecule has 0 bridgehead atoms. The molecule has 1 aromatic carbocycles. The molecule has 0 aliphatic heterocycles. The van der Waals surface area contributed by atoms with Crippen molar-refractivity contribution in [2.24, 2.45) is 0 Å². The van der Waals surface area contributed by atoms with Gasteiger partial charge in [0.25, 0.3) is 0 Å². The SMILES string of the molecule is Cc1ccc(-c2nnc3c(Cl)cc(C(=O)O)cn23)c(Cl)c1. The Bertz CT molecular complexity index is 874. The van der Waals surface area contributed by atoms with Crippen molar-refractivity contribution >= 4 is 34.8 Å². The van der Waals surface area contributed by atoms with Crippen molar-refractivity contribution in [3.63, 3.8) is 0 Å². The van der Waals surface area contributed by atoms with Gasteiger partial charge in [-0.15, -0.1) is 10.2 Å². The van der Waals surface area contributed by atoms with Gasteiger partial charge in [-0.25, -0.2) is 4.79 Å². The van der Waals surface area contributed by atoms with Crippen molar-refractivity contribution in [3.05, 3.63) is 51.6 Å². The van der Waals surface area contributed by atoms with E-state index in [0.717, 1.165) is 5.56 Å². The number of aromatic nitrogens is 3. The molecule has 0 unspecified atom stereocenters. The van der Waals surface area contributed by atoms with Crippen LogP contribution in [0.4, 0.5) is 0 Å². The minimum absolute atomic E-state index is 0.0526. The smallest absolute Gasteiger partial charge is 0.337 e. The van der Waals surface area contributed by atoms with Crippen LogP contribution in [0.5, 0.6) is 0 Å². The Morgan fingerprint density at radius 2 is 1.95 bits per heavy atom. The highest BCUT2D eigenvalue weighted by Crippen LogP contribution is 2.29. The highest BCUT2D eigenvalue weighted by molar-refractivity contribution is 6.34. The third-order valence-electron chi connectivity index (χ3n) is 3.07. The Labute approximate surface area is 129 Å². The Balaban J connectivity index is 2.30. The molecule has 0 amide bonds. The molecule has 1 N–H and O–H groups in total. The highest BCUT2D eigenvalue weighted by atomic mass is 35.5. The number of nitrogens with zero attached hydrogens (tertiary/aromatic N) is 3. The second kappa shape index (κ2) is 5.02. The van der Waals surface area contributed by atoms with Gasteiger partial charge in [0.2, 0.25) is 0 Å². The first-order valence-corrected chi connectivity index (χ1v) is 6.77. The number of hydrogen-bond donors (Lipinski definition) is 1. The van der Waals surface area contributed by atoms with Crippen molar-refractivity contribution in [3.8, 4) is 11.4 Å². The fraction of sp³-hybridized carbons (Fsp3) is 0.0714. The molecule has 7 heteroatoms. The van der Waals surface area contributed by atoms with Gasteiger partial charge in [0.1, 0.15) is 0 Å². The maximum atomic E-state index is 11.1. The molecular weight excluding hydrogens is 313 g/mol. The second-order valence-corrected chi connectivity index (χ2v) is 5.40. The average molecular weight is 322 g/mol. The summed E-state index contributed by atoms with van der Waals surface area (Å²) in [4.78, 5) is 11.1. The fourth-order valence-electron chi connectivity index (χ4n) is 2.06. The Morgan fingerprint density at radius 1 is 1.19 bits per heavy atom. The molecule has 0 saturated heterocycles. The van der Waals surface area contributed by atoms with Crippen LogP contribution in [0.2, 0.25) is 10.0 Å². The predicted octanol–water partition coefficient (Wildman–Crippen LogP) is 3.71. The van der Waals surface area contributed by atoms with Gasteiger partial charge in [-0.05, 0) is 30.7 Å². The van der Waals surface area contributed by atoms with Gasteiger partial charge in [-0.1, -0.05) is 29.3 Å². The van der Waals surface area contributed by atoms with Crippen LogP contribution in [-0.4, -0.2) is 25.7 Å². The first-order chi connectivity index (χ1) is 9.97. The van der Waals surface area contributed by atoms with E-state index >= 15 is 0 Å².